The van der Waals surface area contributed by atoms with E-state index in [4.69, 9.17) is 9.47 Å². The van der Waals surface area contributed by atoms with Gasteiger partial charge in [-0.1, -0.05) is 18.2 Å². The number of benzene rings is 1. The van der Waals surface area contributed by atoms with Crippen LogP contribution < -0.4 is 4.74 Å². The standard InChI is InChI=1S/C17H15NO3S2/c19-17(15-12-23-16(18-15)13-7-10-22-11-13)21-9-4-8-20-14-5-2-1-3-6-14/h1-3,5-7,10-12H,4,8-9H2. The average Bonchev–Trinajstić information content (AvgIpc) is 3.26. The molecule has 0 unspecified atom stereocenters. The summed E-state index contributed by atoms with van der Waals surface area (Å²) >= 11 is 3.05. The van der Waals surface area contributed by atoms with E-state index in [1.165, 1.54) is 11.3 Å². The maximum atomic E-state index is 11.9. The van der Waals surface area contributed by atoms with Gasteiger partial charge in [0.25, 0.3) is 0 Å². The van der Waals surface area contributed by atoms with Crippen LogP contribution in [0.2, 0.25) is 0 Å². The number of esters is 1. The number of para-hydroxylation sites is 1. The fraction of sp³-hybridized carbons (Fsp3) is 0.176. The molecule has 3 aromatic rings. The fourth-order valence-corrected chi connectivity index (χ4v) is 3.39. The molecule has 0 spiro atoms. The Morgan fingerprint density at radius 1 is 1.09 bits per heavy atom. The molecule has 0 bridgehead atoms. The lowest BCUT2D eigenvalue weighted by atomic mass is 10.3. The van der Waals surface area contributed by atoms with Crippen molar-refractivity contribution in [2.45, 2.75) is 6.42 Å². The summed E-state index contributed by atoms with van der Waals surface area (Å²) in [5.41, 5.74) is 1.40. The summed E-state index contributed by atoms with van der Waals surface area (Å²) < 4.78 is 10.8. The Kier molecular flexibility index (Phi) is 5.39. The van der Waals surface area contributed by atoms with Crippen LogP contribution in [0.5, 0.6) is 5.75 Å². The second-order valence-corrected chi connectivity index (χ2v) is 6.34. The number of nitrogens with zero attached hydrogens (tertiary/aromatic N) is 1. The molecule has 0 saturated heterocycles. The van der Waals surface area contributed by atoms with Gasteiger partial charge in [0, 0.05) is 22.7 Å². The molecule has 0 fully saturated rings. The third-order valence-corrected chi connectivity index (χ3v) is 4.59. The zero-order chi connectivity index (χ0) is 15.9. The smallest absolute Gasteiger partial charge is 0.357 e. The highest BCUT2D eigenvalue weighted by Gasteiger charge is 2.13. The van der Waals surface area contributed by atoms with Gasteiger partial charge in [-0.3, -0.25) is 0 Å². The number of hydrogen-bond acceptors (Lipinski definition) is 6. The predicted octanol–water partition coefficient (Wildman–Crippen LogP) is 4.50. The lowest BCUT2D eigenvalue weighted by Gasteiger charge is -2.06. The molecule has 0 amide bonds. The molecule has 3 rings (SSSR count). The fourth-order valence-electron chi connectivity index (χ4n) is 1.89. The molecule has 2 aromatic heterocycles. The summed E-state index contributed by atoms with van der Waals surface area (Å²) in [6.07, 6.45) is 0.641. The molecular weight excluding hydrogens is 330 g/mol. The van der Waals surface area contributed by atoms with Gasteiger partial charge in [-0.05, 0) is 23.6 Å². The van der Waals surface area contributed by atoms with Crippen molar-refractivity contribution in [3.05, 3.63) is 58.2 Å². The van der Waals surface area contributed by atoms with Crippen molar-refractivity contribution in [2.75, 3.05) is 13.2 Å². The van der Waals surface area contributed by atoms with Crippen LogP contribution in [0.1, 0.15) is 16.9 Å². The summed E-state index contributed by atoms with van der Waals surface area (Å²) in [5, 5.41) is 6.57. The number of rotatable bonds is 7. The maximum absolute atomic E-state index is 11.9. The largest absolute Gasteiger partial charge is 0.493 e. The highest BCUT2D eigenvalue weighted by Crippen LogP contribution is 2.25. The molecule has 0 aliphatic heterocycles. The van der Waals surface area contributed by atoms with Crippen LogP contribution in [-0.4, -0.2) is 24.2 Å². The Labute approximate surface area is 142 Å². The quantitative estimate of drug-likeness (QED) is 0.467. The molecule has 23 heavy (non-hydrogen) atoms. The Hall–Kier alpha value is -2.18. The van der Waals surface area contributed by atoms with E-state index in [0.29, 0.717) is 25.3 Å². The van der Waals surface area contributed by atoms with Crippen LogP contribution in [-0.2, 0) is 4.74 Å². The molecule has 0 aliphatic carbocycles. The van der Waals surface area contributed by atoms with Gasteiger partial charge in [-0.2, -0.15) is 11.3 Å². The molecule has 2 heterocycles. The Morgan fingerprint density at radius 3 is 2.74 bits per heavy atom. The van der Waals surface area contributed by atoms with Gasteiger partial charge >= 0.3 is 5.97 Å². The Bertz CT molecular complexity index is 738. The SMILES string of the molecule is O=C(OCCCOc1ccccc1)c1csc(-c2ccsc2)n1. The van der Waals surface area contributed by atoms with E-state index in [9.17, 15) is 4.79 Å². The van der Waals surface area contributed by atoms with Gasteiger partial charge in [0.15, 0.2) is 5.69 Å². The summed E-state index contributed by atoms with van der Waals surface area (Å²) in [6.45, 7) is 0.825. The number of hydrogen-bond donors (Lipinski definition) is 0. The topological polar surface area (TPSA) is 48.4 Å². The van der Waals surface area contributed by atoms with E-state index in [1.807, 2.05) is 47.2 Å². The van der Waals surface area contributed by atoms with Gasteiger partial charge in [0.1, 0.15) is 10.8 Å². The molecule has 4 nitrogen and oxygen atoms in total. The Morgan fingerprint density at radius 2 is 1.96 bits per heavy atom. The zero-order valence-corrected chi connectivity index (χ0v) is 13.9. The van der Waals surface area contributed by atoms with Gasteiger partial charge in [0.2, 0.25) is 0 Å². The normalized spacial score (nSPS) is 10.4. The van der Waals surface area contributed by atoms with Crippen LogP contribution in [0.25, 0.3) is 10.6 Å². The molecule has 6 heteroatoms. The summed E-state index contributed by atoms with van der Waals surface area (Å²) in [5.74, 6) is 0.432. The first-order valence-corrected chi connectivity index (χ1v) is 8.98. The first-order valence-electron chi connectivity index (χ1n) is 7.16. The highest BCUT2D eigenvalue weighted by molar-refractivity contribution is 7.14. The number of thiophene rings is 1. The zero-order valence-electron chi connectivity index (χ0n) is 12.3. The molecule has 0 saturated carbocycles. The molecular formula is C17H15NO3S2. The van der Waals surface area contributed by atoms with Gasteiger partial charge in [-0.15, -0.1) is 11.3 Å². The van der Waals surface area contributed by atoms with Crippen LogP contribution in [0, 0.1) is 0 Å². The Balaban J connectivity index is 1.41. The maximum Gasteiger partial charge on any atom is 0.357 e. The number of carbonyl (C=O) groups excluding carboxylic acids is 1. The van der Waals surface area contributed by atoms with Crippen LogP contribution >= 0.6 is 22.7 Å². The van der Waals surface area contributed by atoms with Crippen molar-refractivity contribution in [3.8, 4) is 16.3 Å². The lowest BCUT2D eigenvalue weighted by Crippen LogP contribution is -2.09. The van der Waals surface area contributed by atoms with Crippen molar-refractivity contribution in [3.63, 3.8) is 0 Å². The molecule has 1 aromatic carbocycles. The summed E-state index contributed by atoms with van der Waals surface area (Å²) in [6, 6.07) is 11.6. The summed E-state index contributed by atoms with van der Waals surface area (Å²) in [4.78, 5) is 16.3. The number of ether oxygens (including phenoxy) is 2. The highest BCUT2D eigenvalue weighted by atomic mass is 32.1. The molecule has 0 aliphatic rings. The third kappa shape index (κ3) is 4.40. The first kappa shape index (κ1) is 15.7. The lowest BCUT2D eigenvalue weighted by molar-refractivity contribution is 0.0480. The molecule has 0 atom stereocenters. The van der Waals surface area contributed by atoms with E-state index in [2.05, 4.69) is 4.98 Å². The van der Waals surface area contributed by atoms with Crippen LogP contribution in [0.4, 0.5) is 0 Å². The molecule has 0 radical (unpaired) electrons. The second kappa shape index (κ2) is 7.89. The van der Waals surface area contributed by atoms with E-state index in [0.717, 1.165) is 16.3 Å². The number of aromatic nitrogens is 1. The van der Waals surface area contributed by atoms with E-state index >= 15 is 0 Å². The molecule has 0 N–H and O–H groups in total. The first-order chi connectivity index (χ1) is 11.3. The predicted molar refractivity (Wildman–Crippen MR) is 92.3 cm³/mol. The monoisotopic (exact) mass is 345 g/mol. The second-order valence-electron chi connectivity index (χ2n) is 4.70. The third-order valence-electron chi connectivity index (χ3n) is 3.02. The number of thiazole rings is 1. The van der Waals surface area contributed by atoms with E-state index < -0.39 is 0 Å². The van der Waals surface area contributed by atoms with Crippen molar-refractivity contribution in [2.24, 2.45) is 0 Å². The minimum absolute atomic E-state index is 0.316. The summed E-state index contributed by atoms with van der Waals surface area (Å²) in [7, 11) is 0. The van der Waals surface area contributed by atoms with Gasteiger partial charge in [-0.25, -0.2) is 9.78 Å². The minimum atomic E-state index is -0.387. The average molecular weight is 345 g/mol. The number of carbonyl (C=O) groups is 1. The van der Waals surface area contributed by atoms with Crippen molar-refractivity contribution in [1.29, 1.82) is 0 Å². The minimum Gasteiger partial charge on any atom is -0.493 e. The van der Waals surface area contributed by atoms with Crippen LogP contribution in [0.15, 0.2) is 52.5 Å². The van der Waals surface area contributed by atoms with Crippen LogP contribution in [0.3, 0.4) is 0 Å². The van der Waals surface area contributed by atoms with Crippen molar-refractivity contribution < 1.29 is 14.3 Å². The van der Waals surface area contributed by atoms with Crippen molar-refractivity contribution >= 4 is 28.6 Å². The van der Waals surface area contributed by atoms with E-state index in [-0.39, 0.29) is 5.97 Å². The van der Waals surface area contributed by atoms with Gasteiger partial charge < -0.3 is 9.47 Å². The van der Waals surface area contributed by atoms with Crippen molar-refractivity contribution in [1.82, 2.24) is 4.98 Å². The van der Waals surface area contributed by atoms with E-state index in [1.54, 1.807) is 16.7 Å². The van der Waals surface area contributed by atoms with Gasteiger partial charge in [0.05, 0.1) is 13.2 Å². The molecule has 118 valence electrons.